The lowest BCUT2D eigenvalue weighted by Crippen LogP contribution is -2.44. The molecule has 0 aromatic heterocycles. The van der Waals surface area contributed by atoms with Gasteiger partial charge < -0.3 is 14.8 Å². The van der Waals surface area contributed by atoms with E-state index < -0.39 is 12.1 Å². The quantitative estimate of drug-likeness (QED) is 0.140. The smallest absolute Gasteiger partial charge is 0.432 e. The van der Waals surface area contributed by atoms with Crippen LogP contribution in [0.4, 0.5) is 4.79 Å². The number of hydrogen-bond acceptors (Lipinski definition) is 7. The molecule has 0 radical (unpaired) electrons. The number of esters is 1. The fourth-order valence-electron chi connectivity index (χ4n) is 4.97. The molecule has 200 valence electrons. The van der Waals surface area contributed by atoms with E-state index >= 15 is 0 Å². The van der Waals surface area contributed by atoms with E-state index in [1.807, 2.05) is 51.9 Å². The van der Waals surface area contributed by atoms with Gasteiger partial charge in [0.05, 0.1) is 6.04 Å². The molecule has 1 aliphatic carbocycles. The Morgan fingerprint density at radius 1 is 1.03 bits per heavy atom. The molecule has 1 saturated heterocycles. The van der Waals surface area contributed by atoms with Crippen molar-refractivity contribution in [2.45, 2.75) is 89.3 Å². The van der Waals surface area contributed by atoms with E-state index in [-0.39, 0.29) is 30.9 Å². The van der Waals surface area contributed by atoms with Crippen LogP contribution in [-0.2, 0) is 25.5 Å². The normalized spacial score (nSPS) is 22.7. The highest BCUT2D eigenvalue weighted by Gasteiger charge is 2.29. The Bertz CT molecular complexity index is 820. The van der Waals surface area contributed by atoms with Gasteiger partial charge in [-0.1, -0.05) is 72.2 Å². The fraction of sp³-hybridized carbons (Fsp3) is 0.679. The molecule has 1 aromatic carbocycles. The highest BCUT2D eigenvalue weighted by molar-refractivity contribution is 8.77. The van der Waals surface area contributed by atoms with Crippen molar-refractivity contribution in [1.29, 1.82) is 0 Å². The number of benzene rings is 1. The maximum absolute atomic E-state index is 13.0. The largest absolute Gasteiger partial charge is 0.516 e. The van der Waals surface area contributed by atoms with Crippen molar-refractivity contribution in [3.63, 3.8) is 0 Å². The van der Waals surface area contributed by atoms with E-state index in [2.05, 4.69) is 19.2 Å². The zero-order valence-corrected chi connectivity index (χ0v) is 23.2. The van der Waals surface area contributed by atoms with Crippen LogP contribution in [0, 0.1) is 17.8 Å². The van der Waals surface area contributed by atoms with E-state index in [0.717, 1.165) is 44.1 Å². The Morgan fingerprint density at radius 2 is 1.78 bits per heavy atom. The number of hydrogen-bond donors (Lipinski definition) is 1. The number of carbonyl (C=O) groups excluding carboxylic acids is 3. The summed E-state index contributed by atoms with van der Waals surface area (Å²) in [4.78, 5) is 37.2. The third-order valence-electron chi connectivity index (χ3n) is 7.24. The van der Waals surface area contributed by atoms with Crippen LogP contribution in [0.3, 0.4) is 0 Å². The average molecular weight is 536 g/mol. The van der Waals surface area contributed by atoms with Crippen molar-refractivity contribution in [1.82, 2.24) is 5.32 Å². The van der Waals surface area contributed by atoms with Gasteiger partial charge in [-0.3, -0.25) is 9.59 Å². The van der Waals surface area contributed by atoms with Crippen LogP contribution in [-0.4, -0.2) is 41.7 Å². The van der Waals surface area contributed by atoms with Crippen LogP contribution in [0.5, 0.6) is 0 Å². The molecule has 0 bridgehead atoms. The van der Waals surface area contributed by atoms with E-state index in [1.54, 1.807) is 0 Å². The highest BCUT2D eigenvalue weighted by atomic mass is 33.1. The summed E-state index contributed by atoms with van der Waals surface area (Å²) in [5.41, 5.74) is 1.04. The number of ether oxygens (including phenoxy) is 2. The Kier molecular flexibility index (Phi) is 12.5. The molecule has 1 heterocycles. The fourth-order valence-corrected chi connectivity index (χ4v) is 7.99. The monoisotopic (exact) mass is 535 g/mol. The molecule has 8 heteroatoms. The second-order valence-electron chi connectivity index (χ2n) is 10.4. The van der Waals surface area contributed by atoms with Gasteiger partial charge in [0.1, 0.15) is 6.61 Å². The molecule has 1 N–H and O–H groups in total. The van der Waals surface area contributed by atoms with Crippen molar-refractivity contribution in [2.24, 2.45) is 17.8 Å². The van der Waals surface area contributed by atoms with E-state index in [1.165, 1.54) is 12.2 Å². The van der Waals surface area contributed by atoms with Gasteiger partial charge in [0, 0.05) is 23.3 Å². The second-order valence-corrected chi connectivity index (χ2v) is 13.1. The van der Waals surface area contributed by atoms with Gasteiger partial charge in [0.15, 0.2) is 0 Å². The van der Waals surface area contributed by atoms with Crippen LogP contribution >= 0.6 is 21.6 Å². The molecule has 6 nitrogen and oxygen atoms in total. The topological polar surface area (TPSA) is 81.7 Å². The third-order valence-corrected chi connectivity index (χ3v) is 10.2. The second kappa shape index (κ2) is 15.6. The summed E-state index contributed by atoms with van der Waals surface area (Å²) in [6.45, 7) is 4.46. The predicted molar refractivity (Wildman–Crippen MR) is 147 cm³/mol. The van der Waals surface area contributed by atoms with Gasteiger partial charge in [-0.05, 0) is 68.8 Å². The summed E-state index contributed by atoms with van der Waals surface area (Å²) in [5, 5.41) is 3.77. The van der Waals surface area contributed by atoms with E-state index in [0.29, 0.717) is 29.9 Å². The van der Waals surface area contributed by atoms with Gasteiger partial charge in [-0.15, -0.1) is 0 Å². The third kappa shape index (κ3) is 10.4. The van der Waals surface area contributed by atoms with Gasteiger partial charge in [0.2, 0.25) is 5.91 Å². The van der Waals surface area contributed by atoms with Crippen molar-refractivity contribution >= 4 is 39.6 Å². The van der Waals surface area contributed by atoms with Crippen molar-refractivity contribution in [3.05, 3.63) is 35.9 Å². The van der Waals surface area contributed by atoms with Gasteiger partial charge in [-0.2, -0.15) is 0 Å². The van der Waals surface area contributed by atoms with E-state index in [9.17, 15) is 14.4 Å². The summed E-state index contributed by atoms with van der Waals surface area (Å²) in [6.07, 6.45) is 7.66. The lowest BCUT2D eigenvalue weighted by Gasteiger charge is -2.31. The minimum absolute atomic E-state index is 0.00645. The molecule has 36 heavy (non-hydrogen) atoms. The number of unbranched alkanes of at least 4 members (excludes halogenated alkanes) is 1. The van der Waals surface area contributed by atoms with Gasteiger partial charge in [-0.25, -0.2) is 4.79 Å². The Labute approximate surface area is 223 Å². The molecular weight excluding hydrogens is 494 g/mol. The summed E-state index contributed by atoms with van der Waals surface area (Å²) in [6, 6.07) is 9.41. The standard InChI is InChI=1S/C28H41NO5S2/c1-20(2)22-12-14-23(15-13-22)27(31)29-24(18-21-8-4-3-5-9-21)19-33-28(32)34-26(30)11-7-6-10-25-16-17-35-36-25/h3-5,8-9,20,22-25H,6-7,10-19H2,1-2H3,(H,29,31)/t22-,23-,24-,25-/m1/s1. The zero-order chi connectivity index (χ0) is 25.8. The minimum Gasteiger partial charge on any atom is -0.432 e. The molecule has 1 saturated carbocycles. The van der Waals surface area contributed by atoms with Crippen LogP contribution in [0.25, 0.3) is 0 Å². The summed E-state index contributed by atoms with van der Waals surface area (Å²) >= 11 is 0. The SMILES string of the molecule is CC(C)[C@H]1CC[C@H](C(=O)N[C@@H](COC(=O)OC(=O)CCCC[C@@H]2CCSS2)Cc2ccccc2)CC1. The molecule has 3 rings (SSSR count). The predicted octanol–water partition coefficient (Wildman–Crippen LogP) is 6.57. The molecule has 0 spiro atoms. The first-order valence-corrected chi connectivity index (χ1v) is 15.8. The van der Waals surface area contributed by atoms with Crippen molar-refractivity contribution in [3.8, 4) is 0 Å². The van der Waals surface area contributed by atoms with E-state index in [4.69, 9.17) is 9.47 Å². The summed E-state index contributed by atoms with van der Waals surface area (Å²) < 4.78 is 10.1. The maximum Gasteiger partial charge on any atom is 0.516 e. The molecule has 2 fully saturated rings. The zero-order valence-electron chi connectivity index (χ0n) is 21.6. The van der Waals surface area contributed by atoms with Crippen LogP contribution in [0.2, 0.25) is 0 Å². The van der Waals surface area contributed by atoms with Crippen LogP contribution in [0.15, 0.2) is 30.3 Å². The van der Waals surface area contributed by atoms with Gasteiger partial charge in [0.25, 0.3) is 0 Å². The number of amides is 1. The molecule has 0 unspecified atom stereocenters. The lowest BCUT2D eigenvalue weighted by atomic mass is 9.76. The Morgan fingerprint density at radius 3 is 2.44 bits per heavy atom. The molecular formula is C28H41NO5S2. The average Bonchev–Trinajstić information content (AvgIpc) is 3.39. The first kappa shape index (κ1) is 28.9. The minimum atomic E-state index is -0.993. The van der Waals surface area contributed by atoms with Crippen molar-refractivity contribution < 1.29 is 23.9 Å². The van der Waals surface area contributed by atoms with Crippen LogP contribution < -0.4 is 5.32 Å². The molecule has 2 aliphatic rings. The highest BCUT2D eigenvalue weighted by Crippen LogP contribution is 2.40. The molecule has 1 aliphatic heterocycles. The molecule has 2 atom stereocenters. The maximum atomic E-state index is 13.0. The Hall–Kier alpha value is -1.67. The first-order valence-electron chi connectivity index (χ1n) is 13.4. The van der Waals surface area contributed by atoms with Gasteiger partial charge >= 0.3 is 12.1 Å². The first-order chi connectivity index (χ1) is 17.4. The van der Waals surface area contributed by atoms with Crippen molar-refractivity contribution in [2.75, 3.05) is 12.4 Å². The molecule has 1 aromatic rings. The number of carbonyl (C=O) groups is 3. The Balaban J connectivity index is 1.42. The summed E-state index contributed by atoms with van der Waals surface area (Å²) in [5.74, 6) is 1.99. The molecule has 1 amide bonds. The van der Waals surface area contributed by atoms with Crippen LogP contribution in [0.1, 0.15) is 77.2 Å². The summed E-state index contributed by atoms with van der Waals surface area (Å²) in [7, 11) is 3.85. The number of rotatable bonds is 12. The number of nitrogens with one attached hydrogen (secondary N) is 1. The lowest BCUT2D eigenvalue weighted by molar-refractivity contribution is -0.140.